The highest BCUT2D eigenvalue weighted by atomic mass is 32.2. The lowest BCUT2D eigenvalue weighted by Crippen LogP contribution is -2.32. The van der Waals surface area contributed by atoms with Gasteiger partial charge in [-0.05, 0) is 12.8 Å². The van der Waals surface area contributed by atoms with Crippen LogP contribution >= 0.6 is 11.8 Å². The van der Waals surface area contributed by atoms with Crippen molar-refractivity contribution < 1.29 is 4.79 Å². The van der Waals surface area contributed by atoms with Gasteiger partial charge in [0.25, 0.3) is 5.91 Å². The molecule has 108 valence electrons. The maximum Gasteiger partial charge on any atom is 0.262 e. The van der Waals surface area contributed by atoms with Crippen molar-refractivity contribution in [2.75, 3.05) is 0 Å². The average Bonchev–Trinajstić information content (AvgIpc) is 2.96. The number of imidazole rings is 1. The van der Waals surface area contributed by atoms with E-state index in [-0.39, 0.29) is 11.2 Å². The van der Waals surface area contributed by atoms with Gasteiger partial charge < -0.3 is 10.3 Å². The number of aromatic amines is 1. The second kappa shape index (κ2) is 6.43. The quantitative estimate of drug-likeness (QED) is 0.838. The van der Waals surface area contributed by atoms with Crippen LogP contribution in [0.15, 0.2) is 17.5 Å². The molecular weight excluding hydrogens is 272 g/mol. The van der Waals surface area contributed by atoms with Crippen LogP contribution in [0.25, 0.3) is 0 Å². The number of aromatic nitrogens is 2. The Morgan fingerprint density at radius 1 is 1.30 bits per heavy atom. The van der Waals surface area contributed by atoms with E-state index < -0.39 is 0 Å². The summed E-state index contributed by atoms with van der Waals surface area (Å²) in [5, 5.41) is 4.15. The Morgan fingerprint density at radius 2 is 2.10 bits per heavy atom. The Labute approximate surface area is 123 Å². The largest absolute Gasteiger partial charge is 0.362 e. The van der Waals surface area contributed by atoms with Crippen LogP contribution in [-0.2, 0) is 11.2 Å². The standard InChI is InChI=1S/C14H20N4OS/c19-13-12(7-11-8-15-9-16-11)20-14(18-13)17-10-5-3-1-2-4-6-10/h8-10,12H,1-7H2,(H,15,16)(H,17,18,19). The van der Waals surface area contributed by atoms with Gasteiger partial charge in [0.2, 0.25) is 0 Å². The molecule has 1 fully saturated rings. The summed E-state index contributed by atoms with van der Waals surface area (Å²) in [4.78, 5) is 23.2. The summed E-state index contributed by atoms with van der Waals surface area (Å²) in [6.45, 7) is 0. The highest BCUT2D eigenvalue weighted by Crippen LogP contribution is 2.26. The normalized spacial score (nSPS) is 24.5. The van der Waals surface area contributed by atoms with E-state index in [2.05, 4.69) is 20.3 Å². The lowest BCUT2D eigenvalue weighted by molar-refractivity contribution is -0.117. The first-order valence-corrected chi connectivity index (χ1v) is 8.22. The minimum atomic E-state index is -0.119. The van der Waals surface area contributed by atoms with E-state index in [1.165, 1.54) is 38.5 Å². The van der Waals surface area contributed by atoms with Crippen LogP contribution in [0.3, 0.4) is 0 Å². The molecule has 2 aliphatic rings. The zero-order chi connectivity index (χ0) is 13.8. The Bertz CT molecular complexity index is 477. The minimum Gasteiger partial charge on any atom is -0.362 e. The van der Waals surface area contributed by atoms with Gasteiger partial charge in [-0.2, -0.15) is 4.99 Å². The van der Waals surface area contributed by atoms with E-state index in [0.29, 0.717) is 12.5 Å². The minimum absolute atomic E-state index is 0.0332. The zero-order valence-corrected chi connectivity index (χ0v) is 12.3. The maximum atomic E-state index is 11.9. The molecular formula is C14H20N4OS. The van der Waals surface area contributed by atoms with E-state index in [0.717, 1.165) is 10.9 Å². The number of H-pyrrole nitrogens is 1. The summed E-state index contributed by atoms with van der Waals surface area (Å²) in [7, 11) is 0. The van der Waals surface area contributed by atoms with Crippen molar-refractivity contribution in [1.82, 2.24) is 15.3 Å². The van der Waals surface area contributed by atoms with Crippen molar-refractivity contribution in [3.8, 4) is 0 Å². The molecule has 6 heteroatoms. The number of thioether (sulfide) groups is 1. The Kier molecular flexibility index (Phi) is 4.40. The lowest BCUT2D eigenvalue weighted by atomic mass is 10.1. The fraction of sp³-hybridized carbons (Fsp3) is 0.643. The van der Waals surface area contributed by atoms with Gasteiger partial charge in [0, 0.05) is 18.7 Å². The van der Waals surface area contributed by atoms with E-state index in [9.17, 15) is 4.79 Å². The molecule has 0 radical (unpaired) electrons. The van der Waals surface area contributed by atoms with Crippen LogP contribution in [0.1, 0.15) is 44.2 Å². The van der Waals surface area contributed by atoms with Gasteiger partial charge in [-0.15, -0.1) is 0 Å². The lowest BCUT2D eigenvalue weighted by Gasteiger charge is -2.16. The third-order valence-electron chi connectivity index (χ3n) is 3.87. The van der Waals surface area contributed by atoms with Gasteiger partial charge >= 0.3 is 0 Å². The number of carbonyl (C=O) groups excluding carboxylic acids is 1. The smallest absolute Gasteiger partial charge is 0.262 e. The summed E-state index contributed by atoms with van der Waals surface area (Å²) in [5.41, 5.74) is 0.918. The van der Waals surface area contributed by atoms with Gasteiger partial charge in [-0.1, -0.05) is 37.4 Å². The molecule has 1 unspecified atom stereocenters. The molecule has 0 aromatic carbocycles. The van der Waals surface area contributed by atoms with Crippen LogP contribution in [0.2, 0.25) is 0 Å². The van der Waals surface area contributed by atoms with Crippen LogP contribution < -0.4 is 5.32 Å². The topological polar surface area (TPSA) is 70.1 Å². The van der Waals surface area contributed by atoms with E-state index >= 15 is 0 Å². The fourth-order valence-electron chi connectivity index (χ4n) is 2.77. The van der Waals surface area contributed by atoms with Gasteiger partial charge in [0.05, 0.1) is 17.3 Å². The number of nitrogens with one attached hydrogen (secondary N) is 2. The molecule has 0 spiro atoms. The molecule has 1 saturated carbocycles. The number of rotatable bonds is 3. The fourth-order valence-corrected chi connectivity index (χ4v) is 3.82. The van der Waals surface area contributed by atoms with Crippen LogP contribution in [0.4, 0.5) is 0 Å². The van der Waals surface area contributed by atoms with Gasteiger partial charge in [0.15, 0.2) is 5.17 Å². The number of amidine groups is 1. The van der Waals surface area contributed by atoms with Crippen molar-refractivity contribution >= 4 is 22.8 Å². The van der Waals surface area contributed by atoms with E-state index in [1.54, 1.807) is 18.1 Å². The first kappa shape index (κ1) is 13.7. The molecule has 2 heterocycles. The van der Waals surface area contributed by atoms with Crippen molar-refractivity contribution in [2.24, 2.45) is 4.99 Å². The molecule has 1 amide bonds. The first-order chi connectivity index (χ1) is 9.81. The molecule has 1 aliphatic heterocycles. The van der Waals surface area contributed by atoms with E-state index in [1.807, 2.05) is 6.20 Å². The molecule has 5 nitrogen and oxygen atoms in total. The number of nitrogens with zero attached hydrogens (tertiary/aromatic N) is 2. The highest BCUT2D eigenvalue weighted by molar-refractivity contribution is 8.15. The van der Waals surface area contributed by atoms with Gasteiger partial charge in [-0.25, -0.2) is 4.98 Å². The average molecular weight is 292 g/mol. The molecule has 1 atom stereocenters. The summed E-state index contributed by atoms with van der Waals surface area (Å²) in [5.74, 6) is -0.0332. The second-order valence-corrected chi connectivity index (χ2v) is 6.65. The zero-order valence-electron chi connectivity index (χ0n) is 11.5. The Hall–Kier alpha value is -1.30. The van der Waals surface area contributed by atoms with Crippen LogP contribution in [-0.4, -0.2) is 32.3 Å². The third-order valence-corrected chi connectivity index (χ3v) is 4.96. The highest BCUT2D eigenvalue weighted by Gasteiger charge is 2.30. The van der Waals surface area contributed by atoms with Gasteiger partial charge in [0.1, 0.15) is 0 Å². The monoisotopic (exact) mass is 292 g/mol. The number of carbonyl (C=O) groups is 1. The number of aliphatic imine (C=N–C) groups is 1. The Morgan fingerprint density at radius 3 is 2.80 bits per heavy atom. The molecule has 3 rings (SSSR count). The molecule has 0 bridgehead atoms. The Balaban J connectivity index is 1.53. The van der Waals surface area contributed by atoms with Crippen molar-refractivity contribution in [2.45, 2.75) is 56.2 Å². The molecule has 1 aromatic heterocycles. The van der Waals surface area contributed by atoms with Gasteiger partial charge in [-0.3, -0.25) is 4.79 Å². The maximum absolute atomic E-state index is 11.9. The summed E-state index contributed by atoms with van der Waals surface area (Å²) in [6.07, 6.45) is 11.7. The molecule has 1 aromatic rings. The SMILES string of the molecule is O=C1N=C(NC2CCCCCC2)SC1Cc1c[nH]cn1. The summed E-state index contributed by atoms with van der Waals surface area (Å²) in [6, 6.07) is 0.487. The number of hydrogen-bond acceptors (Lipinski definition) is 4. The van der Waals surface area contributed by atoms with Crippen molar-refractivity contribution in [3.05, 3.63) is 18.2 Å². The van der Waals surface area contributed by atoms with Crippen molar-refractivity contribution in [1.29, 1.82) is 0 Å². The predicted octanol–water partition coefficient (Wildman–Crippen LogP) is 2.26. The molecule has 20 heavy (non-hydrogen) atoms. The predicted molar refractivity (Wildman–Crippen MR) is 80.7 cm³/mol. The van der Waals surface area contributed by atoms with E-state index in [4.69, 9.17) is 0 Å². The molecule has 2 N–H and O–H groups in total. The summed E-state index contributed by atoms with van der Waals surface area (Å²) >= 11 is 1.55. The number of hydrogen-bond donors (Lipinski definition) is 2. The third kappa shape index (κ3) is 3.42. The van der Waals surface area contributed by atoms with Crippen LogP contribution in [0.5, 0.6) is 0 Å². The van der Waals surface area contributed by atoms with Crippen molar-refractivity contribution in [3.63, 3.8) is 0 Å². The number of amides is 1. The van der Waals surface area contributed by atoms with Crippen LogP contribution in [0, 0.1) is 0 Å². The molecule has 0 saturated heterocycles. The first-order valence-electron chi connectivity index (χ1n) is 7.34. The molecule has 1 aliphatic carbocycles. The second-order valence-electron chi connectivity index (χ2n) is 5.46. The summed E-state index contributed by atoms with van der Waals surface area (Å²) < 4.78 is 0.